The molecular formula is C16H19N3O3S. The molecular weight excluding hydrogens is 314 g/mol. The molecule has 1 atom stereocenters. The van der Waals surface area contributed by atoms with Gasteiger partial charge < -0.3 is 4.74 Å². The molecule has 0 unspecified atom stereocenters. The standard InChI is InChI=1S/C16H19N3O3S/c1-12-10-15(18-13(2)17-12)16-11-19(8-9-22-16)23(20,21)14-6-4-3-5-7-14/h3-7,10,16H,8-9,11H2,1-2H3/t16-/m1/s1. The molecule has 3 rings (SSSR count). The molecule has 0 aliphatic carbocycles. The molecule has 0 saturated carbocycles. The number of sulfonamides is 1. The third kappa shape index (κ3) is 3.41. The van der Waals surface area contributed by atoms with Crippen molar-refractivity contribution < 1.29 is 13.2 Å². The average Bonchev–Trinajstić information content (AvgIpc) is 2.55. The summed E-state index contributed by atoms with van der Waals surface area (Å²) in [5.74, 6) is 0.659. The molecule has 6 nitrogen and oxygen atoms in total. The van der Waals surface area contributed by atoms with Crippen LogP contribution in [0.3, 0.4) is 0 Å². The van der Waals surface area contributed by atoms with E-state index in [1.807, 2.05) is 19.9 Å². The van der Waals surface area contributed by atoms with E-state index in [2.05, 4.69) is 9.97 Å². The first-order valence-electron chi connectivity index (χ1n) is 7.46. The molecule has 0 N–H and O–H groups in total. The van der Waals surface area contributed by atoms with Crippen LogP contribution in [0.1, 0.15) is 23.3 Å². The Bertz CT molecular complexity index is 773. The smallest absolute Gasteiger partial charge is 0.243 e. The highest BCUT2D eigenvalue weighted by Crippen LogP contribution is 2.25. The molecule has 23 heavy (non-hydrogen) atoms. The summed E-state index contributed by atoms with van der Waals surface area (Å²) in [4.78, 5) is 8.94. The maximum atomic E-state index is 12.7. The highest BCUT2D eigenvalue weighted by Gasteiger charge is 2.32. The summed E-state index contributed by atoms with van der Waals surface area (Å²) >= 11 is 0. The lowest BCUT2D eigenvalue weighted by Gasteiger charge is -2.32. The van der Waals surface area contributed by atoms with Crippen molar-refractivity contribution in [1.29, 1.82) is 0 Å². The minimum absolute atomic E-state index is 0.257. The van der Waals surface area contributed by atoms with E-state index in [9.17, 15) is 8.42 Å². The Balaban J connectivity index is 1.86. The highest BCUT2D eigenvalue weighted by atomic mass is 32.2. The largest absolute Gasteiger partial charge is 0.369 e. The number of rotatable bonds is 3. The molecule has 1 saturated heterocycles. The topological polar surface area (TPSA) is 72.4 Å². The van der Waals surface area contributed by atoms with Crippen LogP contribution >= 0.6 is 0 Å². The van der Waals surface area contributed by atoms with Crippen LogP contribution in [-0.2, 0) is 14.8 Å². The summed E-state index contributed by atoms with van der Waals surface area (Å²) in [6, 6.07) is 10.3. The molecule has 0 amide bonds. The minimum Gasteiger partial charge on any atom is -0.369 e. The number of morpholine rings is 1. The van der Waals surface area contributed by atoms with Gasteiger partial charge in [0, 0.05) is 18.8 Å². The molecule has 2 aromatic rings. The summed E-state index contributed by atoms with van der Waals surface area (Å²) in [5, 5.41) is 0. The van der Waals surface area contributed by atoms with Crippen molar-refractivity contribution in [2.75, 3.05) is 19.7 Å². The van der Waals surface area contributed by atoms with Crippen LogP contribution in [-0.4, -0.2) is 42.4 Å². The van der Waals surface area contributed by atoms with Crippen LogP contribution in [0.25, 0.3) is 0 Å². The molecule has 0 radical (unpaired) electrons. The lowest BCUT2D eigenvalue weighted by molar-refractivity contribution is -0.00513. The third-order valence-corrected chi connectivity index (χ3v) is 5.61. The number of ether oxygens (including phenoxy) is 1. The fourth-order valence-electron chi connectivity index (χ4n) is 2.68. The van der Waals surface area contributed by atoms with E-state index >= 15 is 0 Å². The zero-order valence-corrected chi connectivity index (χ0v) is 14.0. The Hall–Kier alpha value is -1.83. The molecule has 7 heteroatoms. The number of aryl methyl sites for hydroxylation is 2. The van der Waals surface area contributed by atoms with Gasteiger partial charge in [-0.05, 0) is 32.0 Å². The zero-order valence-electron chi connectivity index (χ0n) is 13.1. The number of benzene rings is 1. The van der Waals surface area contributed by atoms with Crippen LogP contribution < -0.4 is 0 Å². The second-order valence-electron chi connectivity index (χ2n) is 5.52. The molecule has 2 heterocycles. The van der Waals surface area contributed by atoms with Crippen molar-refractivity contribution in [3.8, 4) is 0 Å². The first-order valence-corrected chi connectivity index (χ1v) is 8.90. The van der Waals surface area contributed by atoms with Gasteiger partial charge in [0.15, 0.2) is 0 Å². The maximum Gasteiger partial charge on any atom is 0.243 e. The van der Waals surface area contributed by atoms with Crippen LogP contribution in [0.15, 0.2) is 41.3 Å². The summed E-state index contributed by atoms with van der Waals surface area (Å²) in [5.41, 5.74) is 1.57. The van der Waals surface area contributed by atoms with Gasteiger partial charge in [0.2, 0.25) is 10.0 Å². The summed E-state index contributed by atoms with van der Waals surface area (Å²) in [7, 11) is -3.51. The van der Waals surface area contributed by atoms with E-state index in [-0.39, 0.29) is 12.6 Å². The van der Waals surface area contributed by atoms with Crippen LogP contribution in [0, 0.1) is 13.8 Å². The van der Waals surface area contributed by atoms with Crippen molar-refractivity contribution in [3.05, 3.63) is 53.6 Å². The highest BCUT2D eigenvalue weighted by molar-refractivity contribution is 7.89. The van der Waals surface area contributed by atoms with Gasteiger partial charge in [-0.1, -0.05) is 18.2 Å². The minimum atomic E-state index is -3.51. The molecule has 0 spiro atoms. The SMILES string of the molecule is Cc1cc([C@H]2CN(S(=O)(=O)c3ccccc3)CCO2)nc(C)n1. The maximum absolute atomic E-state index is 12.7. The van der Waals surface area contributed by atoms with Gasteiger partial charge in [-0.3, -0.25) is 0 Å². The monoisotopic (exact) mass is 333 g/mol. The predicted molar refractivity (Wildman–Crippen MR) is 85.4 cm³/mol. The van der Waals surface area contributed by atoms with Crippen molar-refractivity contribution in [2.24, 2.45) is 0 Å². The third-order valence-electron chi connectivity index (χ3n) is 3.73. The van der Waals surface area contributed by atoms with Crippen LogP contribution in [0.5, 0.6) is 0 Å². The second kappa shape index (κ2) is 6.35. The molecule has 1 fully saturated rings. The molecule has 122 valence electrons. The Labute approximate surface area is 136 Å². The molecule has 1 aromatic heterocycles. The van der Waals surface area contributed by atoms with E-state index in [0.717, 1.165) is 11.4 Å². The van der Waals surface area contributed by atoms with Crippen molar-refractivity contribution in [3.63, 3.8) is 0 Å². The van der Waals surface area contributed by atoms with Crippen LogP contribution in [0.4, 0.5) is 0 Å². The molecule has 1 aromatic carbocycles. The normalized spacial score (nSPS) is 19.7. The Morgan fingerprint density at radius 2 is 1.91 bits per heavy atom. The van der Waals surface area contributed by atoms with Gasteiger partial charge in [-0.15, -0.1) is 0 Å². The Kier molecular flexibility index (Phi) is 4.43. The van der Waals surface area contributed by atoms with Gasteiger partial charge >= 0.3 is 0 Å². The van der Waals surface area contributed by atoms with Gasteiger partial charge in [0.05, 0.1) is 17.2 Å². The Morgan fingerprint density at radius 3 is 2.61 bits per heavy atom. The molecule has 0 bridgehead atoms. The zero-order chi connectivity index (χ0) is 16.4. The first kappa shape index (κ1) is 16.0. The van der Waals surface area contributed by atoms with Crippen molar-refractivity contribution in [1.82, 2.24) is 14.3 Å². The van der Waals surface area contributed by atoms with Crippen molar-refractivity contribution in [2.45, 2.75) is 24.8 Å². The van der Waals surface area contributed by atoms with E-state index in [4.69, 9.17) is 4.74 Å². The summed E-state index contributed by atoms with van der Waals surface area (Å²) in [6.45, 7) is 4.65. The lowest BCUT2D eigenvalue weighted by Crippen LogP contribution is -2.42. The predicted octanol–water partition coefficient (Wildman–Crippen LogP) is 1.86. The van der Waals surface area contributed by atoms with E-state index in [1.165, 1.54) is 4.31 Å². The van der Waals surface area contributed by atoms with Gasteiger partial charge in [-0.2, -0.15) is 4.31 Å². The van der Waals surface area contributed by atoms with E-state index in [1.54, 1.807) is 30.3 Å². The first-order chi connectivity index (χ1) is 11.0. The lowest BCUT2D eigenvalue weighted by atomic mass is 10.2. The van der Waals surface area contributed by atoms with Crippen LogP contribution in [0.2, 0.25) is 0 Å². The van der Waals surface area contributed by atoms with Gasteiger partial charge in [-0.25, -0.2) is 18.4 Å². The Morgan fingerprint density at radius 1 is 1.17 bits per heavy atom. The molecule has 1 aliphatic rings. The summed E-state index contributed by atoms with van der Waals surface area (Å²) < 4.78 is 32.7. The summed E-state index contributed by atoms with van der Waals surface area (Å²) in [6.07, 6.45) is -0.373. The quantitative estimate of drug-likeness (QED) is 0.857. The second-order valence-corrected chi connectivity index (χ2v) is 7.45. The fraction of sp³-hybridized carbons (Fsp3) is 0.375. The number of hydrogen-bond donors (Lipinski definition) is 0. The number of nitrogens with zero attached hydrogens (tertiary/aromatic N) is 3. The number of hydrogen-bond acceptors (Lipinski definition) is 5. The van der Waals surface area contributed by atoms with Gasteiger partial charge in [0.25, 0.3) is 0 Å². The van der Waals surface area contributed by atoms with Gasteiger partial charge in [0.1, 0.15) is 11.9 Å². The van der Waals surface area contributed by atoms with E-state index in [0.29, 0.717) is 23.9 Å². The van der Waals surface area contributed by atoms with E-state index < -0.39 is 10.0 Å². The molecule has 1 aliphatic heterocycles. The fourth-order valence-corrected chi connectivity index (χ4v) is 4.12. The average molecular weight is 333 g/mol. The van der Waals surface area contributed by atoms with Crippen molar-refractivity contribution >= 4 is 10.0 Å². The number of aromatic nitrogens is 2.